The molecule has 2 aromatic heterocycles. The standard InChI is InChI=1S/C23H30N6O3/c1-14(2)29-19-8-15(6-7-16(19)9-24-29)20-25-21(32-26-20)27-10-17-12-28(13-18(17)11-27)22(30)31-23(3,4)5/h6-9,14,17-18H,10-13H2,1-5H3/t17-,18+. The second kappa shape index (κ2) is 7.50. The van der Waals surface area contributed by atoms with Gasteiger partial charge in [0.25, 0.3) is 0 Å². The molecular formula is C23H30N6O3. The summed E-state index contributed by atoms with van der Waals surface area (Å²) in [6.45, 7) is 12.9. The number of carbonyl (C=O) groups excluding carboxylic acids is 1. The minimum Gasteiger partial charge on any atom is -0.444 e. The number of hydrogen-bond donors (Lipinski definition) is 0. The molecule has 0 saturated carbocycles. The Morgan fingerprint density at radius 1 is 1.16 bits per heavy atom. The summed E-state index contributed by atoms with van der Waals surface area (Å²) in [4.78, 5) is 21.0. The van der Waals surface area contributed by atoms with Crippen LogP contribution in [0.4, 0.5) is 10.8 Å². The molecule has 3 aromatic rings. The molecule has 1 amide bonds. The highest BCUT2D eigenvalue weighted by Gasteiger charge is 2.44. The molecule has 9 nitrogen and oxygen atoms in total. The first-order valence-corrected chi connectivity index (χ1v) is 11.2. The van der Waals surface area contributed by atoms with Gasteiger partial charge in [-0.2, -0.15) is 10.1 Å². The van der Waals surface area contributed by atoms with Gasteiger partial charge in [0.05, 0.1) is 11.7 Å². The van der Waals surface area contributed by atoms with E-state index in [1.54, 1.807) is 0 Å². The summed E-state index contributed by atoms with van der Waals surface area (Å²) in [6.07, 6.45) is 1.65. The topological polar surface area (TPSA) is 89.5 Å². The van der Waals surface area contributed by atoms with E-state index < -0.39 is 5.60 Å². The summed E-state index contributed by atoms with van der Waals surface area (Å²) in [5.41, 5.74) is 1.49. The molecular weight excluding hydrogens is 408 g/mol. The maximum Gasteiger partial charge on any atom is 0.410 e. The molecule has 2 fully saturated rings. The average molecular weight is 439 g/mol. The maximum absolute atomic E-state index is 12.4. The van der Waals surface area contributed by atoms with Gasteiger partial charge in [-0.05, 0) is 40.7 Å². The van der Waals surface area contributed by atoms with E-state index >= 15 is 0 Å². The van der Waals surface area contributed by atoms with Crippen LogP contribution in [0.5, 0.6) is 0 Å². The number of hydrogen-bond acceptors (Lipinski definition) is 7. The van der Waals surface area contributed by atoms with E-state index in [1.807, 2.05) is 48.7 Å². The number of carbonyl (C=O) groups is 1. The minimum atomic E-state index is -0.475. The molecule has 0 aliphatic carbocycles. The minimum absolute atomic E-state index is 0.227. The third kappa shape index (κ3) is 3.80. The average Bonchev–Trinajstić information content (AvgIpc) is 3.46. The summed E-state index contributed by atoms with van der Waals surface area (Å²) in [7, 11) is 0. The molecule has 32 heavy (non-hydrogen) atoms. The van der Waals surface area contributed by atoms with Crippen LogP contribution in [0.25, 0.3) is 22.3 Å². The van der Waals surface area contributed by atoms with Crippen LogP contribution in [0.1, 0.15) is 40.7 Å². The normalized spacial score (nSPS) is 21.1. The Morgan fingerprint density at radius 2 is 1.88 bits per heavy atom. The lowest BCUT2D eigenvalue weighted by Gasteiger charge is -2.25. The number of anilines is 1. The van der Waals surface area contributed by atoms with E-state index in [9.17, 15) is 4.79 Å². The fourth-order valence-electron chi connectivity index (χ4n) is 4.67. The van der Waals surface area contributed by atoms with Gasteiger partial charge < -0.3 is 19.1 Å². The molecule has 0 N–H and O–H groups in total. The summed E-state index contributed by atoms with van der Waals surface area (Å²) in [6, 6.07) is 6.91. The van der Waals surface area contributed by atoms with Gasteiger partial charge in [0.2, 0.25) is 5.82 Å². The van der Waals surface area contributed by atoms with Crippen molar-refractivity contribution in [2.24, 2.45) is 11.8 Å². The van der Waals surface area contributed by atoms with Crippen LogP contribution in [0, 0.1) is 11.8 Å². The molecule has 0 bridgehead atoms. The van der Waals surface area contributed by atoms with Crippen molar-refractivity contribution in [2.75, 3.05) is 31.1 Å². The number of aromatic nitrogens is 4. The zero-order valence-electron chi connectivity index (χ0n) is 19.3. The number of rotatable bonds is 3. The third-order valence-corrected chi connectivity index (χ3v) is 6.17. The third-order valence-electron chi connectivity index (χ3n) is 6.17. The van der Waals surface area contributed by atoms with Gasteiger partial charge in [-0.15, -0.1) is 0 Å². The van der Waals surface area contributed by atoms with Crippen LogP contribution in [-0.2, 0) is 4.74 Å². The van der Waals surface area contributed by atoms with Gasteiger partial charge >= 0.3 is 12.1 Å². The van der Waals surface area contributed by atoms with E-state index in [1.165, 1.54) is 0 Å². The first-order valence-electron chi connectivity index (χ1n) is 11.2. The van der Waals surface area contributed by atoms with Crippen molar-refractivity contribution < 1.29 is 14.1 Å². The zero-order chi connectivity index (χ0) is 22.6. The Labute approximate surface area is 187 Å². The Kier molecular flexibility index (Phi) is 4.87. The summed E-state index contributed by atoms with van der Waals surface area (Å²) >= 11 is 0. The van der Waals surface area contributed by atoms with Gasteiger partial charge in [0.15, 0.2) is 0 Å². The predicted octanol–water partition coefficient (Wildman–Crippen LogP) is 3.97. The molecule has 0 unspecified atom stereocenters. The lowest BCUT2D eigenvalue weighted by atomic mass is 10.0. The van der Waals surface area contributed by atoms with Crippen LogP contribution in [0.3, 0.4) is 0 Å². The lowest BCUT2D eigenvalue weighted by Crippen LogP contribution is -2.37. The van der Waals surface area contributed by atoms with Crippen molar-refractivity contribution in [1.82, 2.24) is 24.8 Å². The maximum atomic E-state index is 12.4. The monoisotopic (exact) mass is 438 g/mol. The fourth-order valence-corrected chi connectivity index (χ4v) is 4.67. The smallest absolute Gasteiger partial charge is 0.410 e. The van der Waals surface area contributed by atoms with Crippen LogP contribution in [-0.4, -0.2) is 62.7 Å². The van der Waals surface area contributed by atoms with E-state index in [-0.39, 0.29) is 12.1 Å². The summed E-state index contributed by atoms with van der Waals surface area (Å²) in [5.74, 6) is 1.34. The molecule has 5 rings (SSSR count). The van der Waals surface area contributed by atoms with Crippen molar-refractivity contribution in [1.29, 1.82) is 0 Å². The number of likely N-dealkylation sites (tertiary alicyclic amines) is 1. The van der Waals surface area contributed by atoms with Crippen LogP contribution in [0.15, 0.2) is 28.9 Å². The Bertz CT molecular complexity index is 1130. The Balaban J connectivity index is 1.28. The van der Waals surface area contributed by atoms with Crippen LogP contribution >= 0.6 is 0 Å². The first kappa shape index (κ1) is 20.8. The zero-order valence-corrected chi connectivity index (χ0v) is 19.3. The highest BCUT2D eigenvalue weighted by Crippen LogP contribution is 2.35. The van der Waals surface area contributed by atoms with Crippen molar-refractivity contribution in [2.45, 2.75) is 46.3 Å². The van der Waals surface area contributed by atoms with Gasteiger partial charge in [0, 0.05) is 55.0 Å². The van der Waals surface area contributed by atoms with Gasteiger partial charge in [-0.3, -0.25) is 4.68 Å². The molecule has 4 heterocycles. The molecule has 0 radical (unpaired) electrons. The SMILES string of the molecule is CC(C)n1ncc2ccc(-c3noc(N4C[C@H]5CN(C(=O)OC(C)(C)C)C[C@H]5C4)n3)cc21. The predicted molar refractivity (Wildman–Crippen MR) is 120 cm³/mol. The number of benzene rings is 1. The van der Waals surface area contributed by atoms with Crippen molar-refractivity contribution in [3.8, 4) is 11.4 Å². The first-order chi connectivity index (χ1) is 15.2. The van der Waals surface area contributed by atoms with E-state index in [2.05, 4.69) is 40.1 Å². The highest BCUT2D eigenvalue weighted by molar-refractivity contribution is 5.83. The number of ether oxygens (including phenoxy) is 1. The molecule has 9 heteroatoms. The second-order valence-corrected chi connectivity index (χ2v) is 10.2. The van der Waals surface area contributed by atoms with Crippen LogP contribution < -0.4 is 4.90 Å². The van der Waals surface area contributed by atoms with Crippen molar-refractivity contribution in [3.05, 3.63) is 24.4 Å². The molecule has 1 aromatic carbocycles. The van der Waals surface area contributed by atoms with Gasteiger partial charge in [0.1, 0.15) is 5.60 Å². The number of nitrogens with zero attached hydrogens (tertiary/aromatic N) is 6. The van der Waals surface area contributed by atoms with Crippen molar-refractivity contribution >= 4 is 23.0 Å². The second-order valence-electron chi connectivity index (χ2n) is 10.2. The summed E-state index contributed by atoms with van der Waals surface area (Å²) in [5, 5.41) is 9.80. The molecule has 2 aliphatic heterocycles. The number of fused-ring (bicyclic) bond motifs is 2. The van der Waals surface area contributed by atoms with E-state index in [4.69, 9.17) is 9.26 Å². The van der Waals surface area contributed by atoms with Gasteiger partial charge in [-0.1, -0.05) is 17.3 Å². The molecule has 2 atom stereocenters. The van der Waals surface area contributed by atoms with E-state index in [0.29, 0.717) is 36.8 Å². The Morgan fingerprint density at radius 3 is 2.53 bits per heavy atom. The molecule has 0 spiro atoms. The van der Waals surface area contributed by atoms with Gasteiger partial charge in [-0.25, -0.2) is 4.79 Å². The highest BCUT2D eigenvalue weighted by atomic mass is 16.6. The summed E-state index contributed by atoms with van der Waals surface area (Å²) < 4.78 is 13.1. The molecule has 2 aliphatic rings. The van der Waals surface area contributed by atoms with Crippen LogP contribution in [0.2, 0.25) is 0 Å². The number of amides is 1. The van der Waals surface area contributed by atoms with E-state index in [0.717, 1.165) is 29.6 Å². The molecule has 2 saturated heterocycles. The lowest BCUT2D eigenvalue weighted by molar-refractivity contribution is 0.0282. The fraction of sp³-hybridized carbons (Fsp3) is 0.565. The largest absolute Gasteiger partial charge is 0.444 e. The molecule has 170 valence electrons. The Hall–Kier alpha value is -3.10. The van der Waals surface area contributed by atoms with Crippen molar-refractivity contribution in [3.63, 3.8) is 0 Å². The quantitative estimate of drug-likeness (QED) is 0.611.